The Morgan fingerprint density at radius 2 is 0.882 bits per heavy atom. The van der Waals surface area contributed by atoms with Crippen molar-refractivity contribution in [2.24, 2.45) is 0 Å². The number of nitrogens with zero attached hydrogens (tertiary/aromatic N) is 2. The van der Waals surface area contributed by atoms with Gasteiger partial charge in [0.1, 0.15) is 5.75 Å². The van der Waals surface area contributed by atoms with E-state index < -0.39 is 0 Å². The predicted molar refractivity (Wildman–Crippen MR) is 288 cm³/mol. The molecule has 68 heavy (non-hydrogen) atoms. The largest absolute Gasteiger partial charge is 0.454 e. The third-order valence-electron chi connectivity index (χ3n) is 12.9. The zero-order valence-corrected chi connectivity index (χ0v) is 37.8. The maximum Gasteiger partial charge on any atom is 0.159 e. The highest BCUT2D eigenvalue weighted by molar-refractivity contribution is 6.11. The number of hydrogen-bond donors (Lipinski definition) is 0. The van der Waals surface area contributed by atoms with E-state index in [4.69, 9.17) is 4.74 Å². The summed E-state index contributed by atoms with van der Waals surface area (Å²) in [5.41, 5.74) is 17.7. The van der Waals surface area contributed by atoms with Crippen LogP contribution in [-0.2, 0) is 0 Å². The van der Waals surface area contributed by atoms with Crippen molar-refractivity contribution in [2.75, 3.05) is 9.80 Å². The molecule has 10 aromatic rings. The maximum absolute atomic E-state index is 7.09. The normalized spacial score (nSPS) is 12.0. The van der Waals surface area contributed by atoms with Crippen LogP contribution in [0.5, 0.6) is 11.5 Å². The second-order valence-electron chi connectivity index (χ2n) is 17.0. The minimum absolute atomic E-state index is 0.824. The highest BCUT2D eigenvalue weighted by Gasteiger charge is 2.28. The molecule has 0 saturated carbocycles. The Labute approximate surface area is 399 Å². The van der Waals surface area contributed by atoms with Gasteiger partial charge in [0.05, 0.1) is 11.4 Å². The molecule has 0 bridgehead atoms. The van der Waals surface area contributed by atoms with Crippen LogP contribution in [0.4, 0.5) is 34.1 Å². The molecule has 0 aliphatic carbocycles. The van der Waals surface area contributed by atoms with Gasteiger partial charge in [-0.1, -0.05) is 201 Å². The highest BCUT2D eigenvalue weighted by Crippen LogP contribution is 2.54. The molecule has 0 atom stereocenters. The summed E-state index contributed by atoms with van der Waals surface area (Å²) >= 11 is 0. The Bertz CT molecular complexity index is 3410. The molecule has 0 unspecified atom stereocenters. The lowest BCUT2D eigenvalue weighted by Gasteiger charge is -2.32. The van der Waals surface area contributed by atoms with Crippen molar-refractivity contribution in [3.8, 4) is 44.9 Å². The molecule has 0 saturated heterocycles. The number of allylic oxidation sites excluding steroid dienone is 5. The summed E-state index contributed by atoms with van der Waals surface area (Å²) in [5, 5.41) is 2.17. The number of fused-ring (bicyclic) bond motifs is 2. The number of hydrogen-bond acceptors (Lipinski definition) is 3. The Morgan fingerprint density at radius 1 is 0.397 bits per heavy atom. The molecule has 0 spiro atoms. The lowest BCUT2D eigenvalue weighted by Crippen LogP contribution is -2.13. The topological polar surface area (TPSA) is 15.7 Å². The molecule has 0 radical (unpaired) electrons. The van der Waals surface area contributed by atoms with E-state index in [-0.39, 0.29) is 0 Å². The maximum atomic E-state index is 7.09. The van der Waals surface area contributed by atoms with Gasteiger partial charge < -0.3 is 14.5 Å². The van der Waals surface area contributed by atoms with Crippen LogP contribution in [0.1, 0.15) is 18.1 Å². The summed E-state index contributed by atoms with van der Waals surface area (Å²) in [7, 11) is 0. The minimum Gasteiger partial charge on any atom is -0.454 e. The SMILES string of the molecule is C=C/C(=C\C=C(/C)c1ccccc1)c1ccc(N(c2ccc(-c3ccc(-c4ccccc4)cc3)cc2)c2ccc3c4c(cccc24)-c2cccc(N(c4ccccc4)c4ccccc4)c2O3)cc1. The zero-order valence-electron chi connectivity index (χ0n) is 37.8. The standard InChI is InChI=1S/C65H48N2O/c1-3-47(31-30-46(2)48-18-8-4-9-19-48)50-36-40-56(41-37-50)66(57-42-38-53(39-43-57)52-34-32-51(33-35-52)49-20-10-5-11-21-49)61-44-45-63-64-58(26-16-28-60(61)64)59-27-17-29-62(65(59)68-63)67(54-22-12-6-13-23-54)55-24-14-7-15-25-55/h3-45H,1H2,2H3/b46-30+,47-31+. The summed E-state index contributed by atoms with van der Waals surface area (Å²) in [4.78, 5) is 4.64. The van der Waals surface area contributed by atoms with Crippen LogP contribution in [0.2, 0.25) is 0 Å². The van der Waals surface area contributed by atoms with Crippen molar-refractivity contribution >= 4 is 56.0 Å². The Balaban J connectivity index is 1.01. The average molecular weight is 873 g/mol. The van der Waals surface area contributed by atoms with E-state index >= 15 is 0 Å². The van der Waals surface area contributed by atoms with Gasteiger partial charge in [-0.2, -0.15) is 0 Å². The van der Waals surface area contributed by atoms with Crippen LogP contribution >= 0.6 is 0 Å². The molecular formula is C65H48N2O. The second-order valence-corrected chi connectivity index (χ2v) is 17.0. The van der Waals surface area contributed by atoms with Gasteiger partial charge in [0.2, 0.25) is 0 Å². The van der Waals surface area contributed by atoms with Gasteiger partial charge >= 0.3 is 0 Å². The van der Waals surface area contributed by atoms with E-state index in [1.165, 1.54) is 27.8 Å². The summed E-state index contributed by atoms with van der Waals surface area (Å²) in [6, 6.07) is 86.0. The summed E-state index contributed by atoms with van der Waals surface area (Å²) in [6.07, 6.45) is 6.26. The van der Waals surface area contributed by atoms with Crippen LogP contribution in [0.15, 0.2) is 267 Å². The number of anilines is 6. The molecule has 0 aromatic heterocycles. The van der Waals surface area contributed by atoms with Gasteiger partial charge in [-0.05, 0) is 124 Å². The first-order chi connectivity index (χ1) is 33.6. The number of para-hydroxylation sites is 3. The summed E-state index contributed by atoms with van der Waals surface area (Å²) < 4.78 is 7.09. The molecule has 3 nitrogen and oxygen atoms in total. The van der Waals surface area contributed by atoms with Gasteiger partial charge in [-0.25, -0.2) is 0 Å². The first kappa shape index (κ1) is 41.8. The molecule has 1 aliphatic rings. The third kappa shape index (κ3) is 8.08. The average Bonchev–Trinajstić information content (AvgIpc) is 3.41. The molecule has 1 heterocycles. The fourth-order valence-corrected chi connectivity index (χ4v) is 9.39. The predicted octanol–water partition coefficient (Wildman–Crippen LogP) is 18.6. The van der Waals surface area contributed by atoms with Crippen molar-refractivity contribution in [3.63, 3.8) is 0 Å². The van der Waals surface area contributed by atoms with Gasteiger partial charge in [0.25, 0.3) is 0 Å². The second kappa shape index (κ2) is 18.5. The van der Waals surface area contributed by atoms with Crippen molar-refractivity contribution in [1.82, 2.24) is 0 Å². The quantitative estimate of drug-likeness (QED) is 0.114. The number of ether oxygens (including phenoxy) is 1. The third-order valence-corrected chi connectivity index (χ3v) is 12.9. The molecular weight excluding hydrogens is 825 g/mol. The van der Waals surface area contributed by atoms with Gasteiger partial charge in [0.15, 0.2) is 5.75 Å². The number of benzene rings is 10. The fourth-order valence-electron chi connectivity index (χ4n) is 9.39. The van der Waals surface area contributed by atoms with Crippen LogP contribution in [0, 0.1) is 0 Å². The molecule has 0 N–H and O–H groups in total. The lowest BCUT2D eigenvalue weighted by atomic mass is 9.92. The van der Waals surface area contributed by atoms with Gasteiger partial charge in [0, 0.05) is 39.1 Å². The van der Waals surface area contributed by atoms with Crippen LogP contribution < -0.4 is 14.5 Å². The van der Waals surface area contributed by atoms with E-state index in [0.29, 0.717) is 0 Å². The Morgan fingerprint density at radius 3 is 1.49 bits per heavy atom. The number of rotatable bonds is 12. The first-order valence-corrected chi connectivity index (χ1v) is 23.1. The van der Waals surface area contributed by atoms with Crippen LogP contribution in [-0.4, -0.2) is 0 Å². The lowest BCUT2D eigenvalue weighted by molar-refractivity contribution is 0.488. The zero-order chi connectivity index (χ0) is 45.8. The summed E-state index contributed by atoms with van der Waals surface area (Å²) in [6.45, 7) is 6.34. The molecule has 0 fully saturated rings. The van der Waals surface area contributed by atoms with E-state index in [1.54, 1.807) is 0 Å². The molecule has 11 rings (SSSR count). The molecule has 1 aliphatic heterocycles. The summed E-state index contributed by atoms with van der Waals surface area (Å²) in [5.74, 6) is 1.65. The van der Waals surface area contributed by atoms with Crippen molar-refractivity contribution in [3.05, 3.63) is 279 Å². The van der Waals surface area contributed by atoms with Crippen LogP contribution in [0.3, 0.4) is 0 Å². The molecule has 10 aromatic carbocycles. The minimum atomic E-state index is 0.824. The van der Waals surface area contributed by atoms with Gasteiger partial charge in [-0.3, -0.25) is 0 Å². The van der Waals surface area contributed by atoms with Crippen LogP contribution in [0.25, 0.3) is 55.3 Å². The Kier molecular flexibility index (Phi) is 11.4. The van der Waals surface area contributed by atoms with E-state index in [9.17, 15) is 0 Å². The molecule has 324 valence electrons. The molecule has 0 amide bonds. The Hall–Kier alpha value is -8.92. The highest BCUT2D eigenvalue weighted by atomic mass is 16.5. The van der Waals surface area contributed by atoms with Crippen molar-refractivity contribution in [1.29, 1.82) is 0 Å². The smallest absolute Gasteiger partial charge is 0.159 e. The van der Waals surface area contributed by atoms with Gasteiger partial charge in [-0.15, -0.1) is 0 Å². The first-order valence-electron chi connectivity index (χ1n) is 23.1. The van der Waals surface area contributed by atoms with E-state index in [0.717, 1.165) is 84.2 Å². The van der Waals surface area contributed by atoms with Crippen molar-refractivity contribution in [2.45, 2.75) is 6.92 Å². The molecule has 3 heteroatoms. The fraction of sp³-hybridized carbons (Fsp3) is 0.0154. The monoisotopic (exact) mass is 872 g/mol. The van der Waals surface area contributed by atoms with E-state index in [2.05, 4.69) is 272 Å². The van der Waals surface area contributed by atoms with E-state index in [1.807, 2.05) is 12.1 Å². The van der Waals surface area contributed by atoms with Crippen molar-refractivity contribution < 1.29 is 4.74 Å².